The predicted octanol–water partition coefficient (Wildman–Crippen LogP) is 3.29. The number of aryl methyl sites for hydroxylation is 1. The SMILES string of the molecule is COc1ccc([C@H](C)NC(=O)[C@@H]2CCCN(S(=O)(=O)c3ccc(C)cc3)C2)cc1OC. The maximum Gasteiger partial charge on any atom is 0.243 e. The topological polar surface area (TPSA) is 84.9 Å². The summed E-state index contributed by atoms with van der Waals surface area (Å²) < 4.78 is 38.0. The number of rotatable bonds is 7. The molecule has 31 heavy (non-hydrogen) atoms. The van der Waals surface area contributed by atoms with Gasteiger partial charge in [-0.3, -0.25) is 4.79 Å². The van der Waals surface area contributed by atoms with Crippen molar-refractivity contribution < 1.29 is 22.7 Å². The number of nitrogens with zero attached hydrogens (tertiary/aromatic N) is 1. The summed E-state index contributed by atoms with van der Waals surface area (Å²) in [5.41, 5.74) is 1.88. The first kappa shape index (κ1) is 23.1. The van der Waals surface area contributed by atoms with Gasteiger partial charge in [-0.2, -0.15) is 4.31 Å². The van der Waals surface area contributed by atoms with Crippen LogP contribution in [0.2, 0.25) is 0 Å². The molecule has 1 aliphatic rings. The summed E-state index contributed by atoms with van der Waals surface area (Å²) in [6, 6.07) is 12.1. The van der Waals surface area contributed by atoms with Gasteiger partial charge in [-0.1, -0.05) is 23.8 Å². The third-order valence-electron chi connectivity index (χ3n) is 5.68. The fraction of sp³-hybridized carbons (Fsp3) is 0.435. The van der Waals surface area contributed by atoms with Gasteiger partial charge in [0.25, 0.3) is 0 Å². The first-order chi connectivity index (χ1) is 14.8. The number of amides is 1. The number of hydrogen-bond acceptors (Lipinski definition) is 5. The molecule has 2 aromatic rings. The molecule has 8 heteroatoms. The summed E-state index contributed by atoms with van der Waals surface area (Å²) in [4.78, 5) is 13.2. The molecule has 2 aromatic carbocycles. The summed E-state index contributed by atoms with van der Waals surface area (Å²) in [5.74, 6) is 0.672. The normalized spacial score (nSPS) is 18.3. The van der Waals surface area contributed by atoms with Crippen molar-refractivity contribution in [2.45, 2.75) is 37.6 Å². The zero-order chi connectivity index (χ0) is 22.6. The molecule has 0 saturated carbocycles. The van der Waals surface area contributed by atoms with Crippen molar-refractivity contribution in [1.29, 1.82) is 0 Å². The summed E-state index contributed by atoms with van der Waals surface area (Å²) in [6.07, 6.45) is 1.30. The van der Waals surface area contributed by atoms with Crippen LogP contribution in [-0.2, 0) is 14.8 Å². The molecule has 1 fully saturated rings. The minimum absolute atomic E-state index is 0.147. The van der Waals surface area contributed by atoms with Gasteiger partial charge in [0, 0.05) is 13.1 Å². The molecule has 1 heterocycles. The van der Waals surface area contributed by atoms with Crippen LogP contribution in [0.5, 0.6) is 11.5 Å². The fourth-order valence-corrected chi connectivity index (χ4v) is 5.29. The average molecular weight is 447 g/mol. The van der Waals surface area contributed by atoms with Crippen molar-refractivity contribution in [3.05, 3.63) is 53.6 Å². The van der Waals surface area contributed by atoms with Crippen LogP contribution in [0.1, 0.15) is 36.9 Å². The van der Waals surface area contributed by atoms with E-state index in [4.69, 9.17) is 9.47 Å². The molecule has 0 unspecified atom stereocenters. The number of nitrogens with one attached hydrogen (secondary N) is 1. The lowest BCUT2D eigenvalue weighted by Gasteiger charge is -2.32. The van der Waals surface area contributed by atoms with Crippen LogP contribution in [-0.4, -0.2) is 45.9 Å². The Hall–Kier alpha value is -2.58. The number of benzene rings is 2. The van der Waals surface area contributed by atoms with E-state index >= 15 is 0 Å². The second kappa shape index (κ2) is 9.70. The van der Waals surface area contributed by atoms with E-state index < -0.39 is 15.9 Å². The summed E-state index contributed by atoms with van der Waals surface area (Å²) >= 11 is 0. The Morgan fingerprint density at radius 1 is 1.10 bits per heavy atom. The third kappa shape index (κ3) is 5.19. The monoisotopic (exact) mass is 446 g/mol. The van der Waals surface area contributed by atoms with Crippen LogP contribution in [0.25, 0.3) is 0 Å². The van der Waals surface area contributed by atoms with E-state index in [0.717, 1.165) is 11.1 Å². The highest BCUT2D eigenvalue weighted by Gasteiger charge is 2.33. The minimum atomic E-state index is -3.62. The maximum absolute atomic E-state index is 13.0. The van der Waals surface area contributed by atoms with E-state index in [9.17, 15) is 13.2 Å². The van der Waals surface area contributed by atoms with E-state index in [2.05, 4.69) is 5.32 Å². The zero-order valence-electron chi connectivity index (χ0n) is 18.4. The molecular formula is C23H30N2O5S. The van der Waals surface area contributed by atoms with Crippen molar-refractivity contribution in [3.63, 3.8) is 0 Å². The molecular weight excluding hydrogens is 416 g/mol. The lowest BCUT2D eigenvalue weighted by Crippen LogP contribution is -2.45. The van der Waals surface area contributed by atoms with Gasteiger partial charge in [0.15, 0.2) is 11.5 Å². The number of piperidine rings is 1. The van der Waals surface area contributed by atoms with E-state index in [1.54, 1.807) is 44.6 Å². The van der Waals surface area contributed by atoms with E-state index in [1.807, 2.05) is 26.0 Å². The number of hydrogen-bond donors (Lipinski definition) is 1. The van der Waals surface area contributed by atoms with E-state index in [1.165, 1.54) is 4.31 Å². The summed E-state index contributed by atoms with van der Waals surface area (Å²) in [7, 11) is -0.483. The number of ether oxygens (including phenoxy) is 2. The lowest BCUT2D eigenvalue weighted by molar-refractivity contribution is -0.126. The number of carbonyl (C=O) groups excluding carboxylic acids is 1. The lowest BCUT2D eigenvalue weighted by atomic mass is 9.98. The number of methoxy groups -OCH3 is 2. The highest BCUT2D eigenvalue weighted by Crippen LogP contribution is 2.30. The molecule has 1 amide bonds. The molecule has 0 radical (unpaired) electrons. The van der Waals surface area contributed by atoms with E-state index in [-0.39, 0.29) is 23.4 Å². The van der Waals surface area contributed by atoms with Crippen LogP contribution < -0.4 is 14.8 Å². The van der Waals surface area contributed by atoms with Gasteiger partial charge in [-0.25, -0.2) is 8.42 Å². The molecule has 1 saturated heterocycles. The Kier molecular flexibility index (Phi) is 7.23. The Balaban J connectivity index is 1.69. The van der Waals surface area contributed by atoms with Crippen molar-refractivity contribution >= 4 is 15.9 Å². The van der Waals surface area contributed by atoms with Gasteiger partial charge < -0.3 is 14.8 Å². The second-order valence-electron chi connectivity index (χ2n) is 7.86. The van der Waals surface area contributed by atoms with Crippen LogP contribution >= 0.6 is 0 Å². The number of sulfonamides is 1. The third-order valence-corrected chi connectivity index (χ3v) is 7.56. The first-order valence-corrected chi connectivity index (χ1v) is 11.8. The molecule has 2 atom stereocenters. The second-order valence-corrected chi connectivity index (χ2v) is 9.80. The standard InChI is InChI=1S/C23H30N2O5S/c1-16-7-10-20(11-8-16)31(27,28)25-13-5-6-19(15-25)23(26)24-17(2)18-9-12-21(29-3)22(14-18)30-4/h7-12,14,17,19H,5-6,13,15H2,1-4H3,(H,24,26)/t17-,19+/m0/s1. The summed E-state index contributed by atoms with van der Waals surface area (Å²) in [5, 5.41) is 3.02. The molecule has 0 aromatic heterocycles. The highest BCUT2D eigenvalue weighted by molar-refractivity contribution is 7.89. The molecule has 168 valence electrons. The Bertz CT molecular complexity index is 1020. The molecule has 0 aliphatic carbocycles. The van der Waals surface area contributed by atoms with E-state index in [0.29, 0.717) is 30.9 Å². The van der Waals surface area contributed by atoms with Gasteiger partial charge in [0.1, 0.15) is 0 Å². The quantitative estimate of drug-likeness (QED) is 0.706. The Morgan fingerprint density at radius 3 is 2.42 bits per heavy atom. The largest absolute Gasteiger partial charge is 0.493 e. The first-order valence-electron chi connectivity index (χ1n) is 10.4. The van der Waals surface area contributed by atoms with Crippen LogP contribution in [0.4, 0.5) is 0 Å². The van der Waals surface area contributed by atoms with Crippen LogP contribution in [0, 0.1) is 12.8 Å². The predicted molar refractivity (Wildman–Crippen MR) is 119 cm³/mol. The minimum Gasteiger partial charge on any atom is -0.493 e. The fourth-order valence-electron chi connectivity index (χ4n) is 3.77. The maximum atomic E-state index is 13.0. The Labute approximate surface area is 184 Å². The van der Waals surface area contributed by atoms with Crippen LogP contribution in [0.15, 0.2) is 47.4 Å². The molecule has 3 rings (SSSR count). The highest BCUT2D eigenvalue weighted by atomic mass is 32.2. The summed E-state index contributed by atoms with van der Waals surface area (Å²) in [6.45, 7) is 4.41. The smallest absolute Gasteiger partial charge is 0.243 e. The average Bonchev–Trinajstić information content (AvgIpc) is 2.78. The van der Waals surface area contributed by atoms with Crippen molar-refractivity contribution in [2.24, 2.45) is 5.92 Å². The van der Waals surface area contributed by atoms with Crippen molar-refractivity contribution in [2.75, 3.05) is 27.3 Å². The van der Waals surface area contributed by atoms with Crippen molar-refractivity contribution in [3.8, 4) is 11.5 Å². The van der Waals surface area contributed by atoms with Gasteiger partial charge >= 0.3 is 0 Å². The number of carbonyl (C=O) groups is 1. The van der Waals surface area contributed by atoms with Gasteiger partial charge in [0.05, 0.1) is 31.1 Å². The molecule has 1 aliphatic heterocycles. The molecule has 0 bridgehead atoms. The zero-order valence-corrected chi connectivity index (χ0v) is 19.2. The van der Waals surface area contributed by atoms with Crippen LogP contribution in [0.3, 0.4) is 0 Å². The molecule has 1 N–H and O–H groups in total. The van der Waals surface area contributed by atoms with Crippen molar-refractivity contribution in [1.82, 2.24) is 9.62 Å². The molecule has 0 spiro atoms. The van der Waals surface area contributed by atoms with Gasteiger partial charge in [-0.05, 0) is 56.5 Å². The Morgan fingerprint density at radius 2 is 1.77 bits per heavy atom. The van der Waals surface area contributed by atoms with Gasteiger partial charge in [0.2, 0.25) is 15.9 Å². The molecule has 7 nitrogen and oxygen atoms in total. The van der Waals surface area contributed by atoms with Gasteiger partial charge in [-0.15, -0.1) is 0 Å².